The van der Waals surface area contributed by atoms with E-state index in [0.717, 1.165) is 18.3 Å². The maximum atomic E-state index is 6.28. The van der Waals surface area contributed by atoms with Gasteiger partial charge in [0.15, 0.2) is 0 Å². The molecule has 2 aliphatic rings. The highest BCUT2D eigenvalue weighted by molar-refractivity contribution is 7.99. The molecule has 0 spiro atoms. The number of hydrogen-bond acceptors (Lipinski definition) is 2. The van der Waals surface area contributed by atoms with E-state index in [9.17, 15) is 0 Å². The predicted molar refractivity (Wildman–Crippen MR) is 86.1 cm³/mol. The average molecular weight is 290 g/mol. The van der Waals surface area contributed by atoms with Gasteiger partial charge in [-0.15, -0.1) is 11.8 Å². The second-order valence-electron chi connectivity index (χ2n) is 7.13. The van der Waals surface area contributed by atoms with Crippen LogP contribution in [0.5, 0.6) is 0 Å². The Labute approximate surface area is 127 Å². The van der Waals surface area contributed by atoms with Gasteiger partial charge < -0.3 is 4.74 Å². The summed E-state index contributed by atoms with van der Waals surface area (Å²) < 4.78 is 6.28. The molecule has 0 amide bonds. The Bertz CT molecular complexity index is 456. The molecule has 0 aromatic heterocycles. The summed E-state index contributed by atoms with van der Waals surface area (Å²) in [4.78, 5) is 1.34. The number of thioether (sulfide) groups is 1. The molecule has 0 radical (unpaired) electrons. The minimum absolute atomic E-state index is 0.398. The first-order chi connectivity index (χ1) is 9.54. The highest BCUT2D eigenvalue weighted by Crippen LogP contribution is 2.66. The van der Waals surface area contributed by atoms with Crippen molar-refractivity contribution in [2.75, 3.05) is 12.4 Å². The van der Waals surface area contributed by atoms with Crippen molar-refractivity contribution < 1.29 is 4.74 Å². The lowest BCUT2D eigenvalue weighted by molar-refractivity contribution is -0.0402. The van der Waals surface area contributed by atoms with Gasteiger partial charge in [-0.05, 0) is 48.1 Å². The number of ether oxygens (including phenoxy) is 1. The molecule has 3 unspecified atom stereocenters. The number of benzene rings is 1. The predicted octanol–water partition coefficient (Wildman–Crippen LogP) is 5.01. The molecule has 1 nitrogen and oxygen atoms in total. The molecule has 0 N–H and O–H groups in total. The van der Waals surface area contributed by atoms with Crippen molar-refractivity contribution in [2.24, 2.45) is 16.7 Å². The summed E-state index contributed by atoms with van der Waals surface area (Å²) in [7, 11) is 0. The molecule has 0 heterocycles. The van der Waals surface area contributed by atoms with Gasteiger partial charge in [0, 0.05) is 10.6 Å². The molecule has 2 heteroatoms. The third-order valence-corrected chi connectivity index (χ3v) is 7.10. The fourth-order valence-corrected chi connectivity index (χ4v) is 5.01. The number of hydrogen-bond donors (Lipinski definition) is 0. The molecule has 20 heavy (non-hydrogen) atoms. The van der Waals surface area contributed by atoms with Gasteiger partial charge in [0.2, 0.25) is 0 Å². The fourth-order valence-electron chi connectivity index (χ4n) is 4.25. The van der Waals surface area contributed by atoms with E-state index in [-0.39, 0.29) is 0 Å². The van der Waals surface area contributed by atoms with Crippen molar-refractivity contribution >= 4 is 11.8 Å². The topological polar surface area (TPSA) is 9.23 Å². The van der Waals surface area contributed by atoms with Crippen LogP contribution < -0.4 is 0 Å². The first-order valence-corrected chi connectivity index (χ1v) is 8.82. The van der Waals surface area contributed by atoms with Crippen LogP contribution in [0.25, 0.3) is 0 Å². The van der Waals surface area contributed by atoms with Gasteiger partial charge in [-0.2, -0.15) is 0 Å². The van der Waals surface area contributed by atoms with E-state index in [1.807, 2.05) is 11.8 Å². The summed E-state index contributed by atoms with van der Waals surface area (Å²) in [5.74, 6) is 1.93. The number of rotatable bonds is 5. The largest absolute Gasteiger partial charge is 0.377 e. The van der Waals surface area contributed by atoms with Gasteiger partial charge >= 0.3 is 0 Å². The van der Waals surface area contributed by atoms with Gasteiger partial charge in [-0.25, -0.2) is 0 Å². The van der Waals surface area contributed by atoms with Gasteiger partial charge in [0.25, 0.3) is 0 Å². The van der Waals surface area contributed by atoms with Crippen LogP contribution in [0.15, 0.2) is 35.2 Å². The third-order valence-electron chi connectivity index (χ3n) is 6.13. The summed E-state index contributed by atoms with van der Waals surface area (Å²) in [6.45, 7) is 8.23. The lowest BCUT2D eigenvalue weighted by Gasteiger charge is -2.38. The van der Waals surface area contributed by atoms with Crippen LogP contribution in [-0.4, -0.2) is 18.5 Å². The Hall–Kier alpha value is -0.470. The first-order valence-electron chi connectivity index (χ1n) is 7.83. The van der Waals surface area contributed by atoms with Crippen LogP contribution in [0, 0.1) is 16.7 Å². The smallest absolute Gasteiger partial charge is 0.0637 e. The Morgan fingerprint density at radius 3 is 2.55 bits per heavy atom. The highest BCUT2D eigenvalue weighted by atomic mass is 32.2. The molecule has 1 aromatic carbocycles. The average Bonchev–Trinajstić information content (AvgIpc) is 2.78. The van der Waals surface area contributed by atoms with Gasteiger partial charge in [-0.3, -0.25) is 0 Å². The monoisotopic (exact) mass is 290 g/mol. The maximum Gasteiger partial charge on any atom is 0.0637 e. The van der Waals surface area contributed by atoms with Crippen molar-refractivity contribution in [1.82, 2.24) is 0 Å². The minimum Gasteiger partial charge on any atom is -0.377 e. The van der Waals surface area contributed by atoms with Crippen LogP contribution in [0.2, 0.25) is 0 Å². The normalized spacial score (nSPS) is 34.5. The van der Waals surface area contributed by atoms with Crippen LogP contribution in [0.3, 0.4) is 0 Å². The molecule has 110 valence electrons. The zero-order chi connectivity index (χ0) is 14.2. The van der Waals surface area contributed by atoms with E-state index < -0.39 is 0 Å². The van der Waals surface area contributed by atoms with E-state index in [0.29, 0.717) is 16.9 Å². The summed E-state index contributed by atoms with van der Waals surface area (Å²) in [5.41, 5.74) is 0.860. The second-order valence-corrected chi connectivity index (χ2v) is 8.30. The molecule has 3 atom stereocenters. The molecule has 2 fully saturated rings. The Kier molecular flexibility index (Phi) is 3.89. The van der Waals surface area contributed by atoms with Crippen LogP contribution >= 0.6 is 11.8 Å². The highest BCUT2D eigenvalue weighted by Gasteiger charge is 2.61. The van der Waals surface area contributed by atoms with Gasteiger partial charge in [0.05, 0.1) is 12.7 Å². The van der Waals surface area contributed by atoms with E-state index in [1.54, 1.807) is 0 Å². The summed E-state index contributed by atoms with van der Waals surface area (Å²) in [6, 6.07) is 10.6. The van der Waals surface area contributed by atoms with Gasteiger partial charge in [0.1, 0.15) is 0 Å². The van der Waals surface area contributed by atoms with Crippen molar-refractivity contribution in [3.8, 4) is 0 Å². The summed E-state index contributed by atoms with van der Waals surface area (Å²) in [5, 5.41) is 0. The van der Waals surface area contributed by atoms with Crippen LogP contribution in [0.4, 0.5) is 0 Å². The van der Waals surface area contributed by atoms with Crippen molar-refractivity contribution in [2.45, 2.75) is 51.0 Å². The van der Waals surface area contributed by atoms with E-state index >= 15 is 0 Å². The van der Waals surface area contributed by atoms with Crippen molar-refractivity contribution in [3.63, 3.8) is 0 Å². The zero-order valence-electron chi connectivity index (χ0n) is 12.9. The maximum absolute atomic E-state index is 6.28. The van der Waals surface area contributed by atoms with Crippen LogP contribution in [0.1, 0.15) is 40.0 Å². The van der Waals surface area contributed by atoms with Crippen molar-refractivity contribution in [1.29, 1.82) is 0 Å². The second kappa shape index (κ2) is 5.38. The standard InChI is InChI=1S/C18H26OS/c1-17(2)14-9-10-18(17,3)16(13-14)19-11-12-20-15-7-5-4-6-8-15/h4-8,14,16H,9-13H2,1-3H3. The van der Waals surface area contributed by atoms with Gasteiger partial charge in [-0.1, -0.05) is 39.0 Å². The van der Waals surface area contributed by atoms with Crippen molar-refractivity contribution in [3.05, 3.63) is 30.3 Å². The number of fused-ring (bicyclic) bond motifs is 2. The molecule has 0 aliphatic heterocycles. The molecular weight excluding hydrogens is 264 g/mol. The third kappa shape index (κ3) is 2.31. The van der Waals surface area contributed by atoms with Crippen LogP contribution in [-0.2, 0) is 4.74 Å². The SMILES string of the molecule is CC1(C)C2CCC1(C)C(OCCSc1ccccc1)C2. The molecular formula is C18H26OS. The van der Waals surface area contributed by atoms with E-state index in [2.05, 4.69) is 51.1 Å². The molecule has 2 saturated carbocycles. The first kappa shape index (κ1) is 14.5. The molecule has 1 aromatic rings. The lowest BCUT2D eigenvalue weighted by atomic mass is 9.70. The molecule has 2 aliphatic carbocycles. The Morgan fingerprint density at radius 1 is 1.20 bits per heavy atom. The fraction of sp³-hybridized carbons (Fsp3) is 0.667. The molecule has 3 rings (SSSR count). The lowest BCUT2D eigenvalue weighted by Crippen LogP contribution is -2.37. The summed E-state index contributed by atoms with van der Waals surface area (Å²) in [6.07, 6.45) is 4.51. The summed E-state index contributed by atoms with van der Waals surface area (Å²) >= 11 is 1.90. The Morgan fingerprint density at radius 2 is 1.95 bits per heavy atom. The van der Waals surface area contributed by atoms with E-state index in [1.165, 1.54) is 24.2 Å². The quantitative estimate of drug-likeness (QED) is 0.557. The minimum atomic E-state index is 0.398. The zero-order valence-corrected chi connectivity index (χ0v) is 13.7. The van der Waals surface area contributed by atoms with E-state index in [4.69, 9.17) is 4.74 Å². The molecule has 0 saturated heterocycles. The molecule has 2 bridgehead atoms. The Balaban J connectivity index is 1.49.